The Kier molecular flexibility index (Phi) is 3.07. The molecule has 2 heterocycles. The van der Waals surface area contributed by atoms with Gasteiger partial charge in [0.15, 0.2) is 0 Å². The Labute approximate surface area is 107 Å². The van der Waals surface area contributed by atoms with Crippen LogP contribution in [-0.4, -0.2) is 23.1 Å². The molecule has 1 aliphatic heterocycles. The molecule has 0 aliphatic carbocycles. The fourth-order valence-electron chi connectivity index (χ4n) is 2.59. The summed E-state index contributed by atoms with van der Waals surface area (Å²) in [5, 5.41) is 3.40. The number of aryl methyl sites for hydroxylation is 1. The largest absolute Gasteiger partial charge is 0.316 e. The molecule has 1 N–H and O–H groups in total. The van der Waals surface area contributed by atoms with Crippen LogP contribution in [0.25, 0.3) is 11.1 Å². The van der Waals surface area contributed by atoms with Crippen molar-refractivity contribution in [1.29, 1.82) is 0 Å². The summed E-state index contributed by atoms with van der Waals surface area (Å²) in [5.41, 5.74) is 4.85. The molecular formula is C15H17N3. The average Bonchev–Trinajstić information content (AvgIpc) is 2.92. The number of nitrogens with one attached hydrogen (secondary N) is 1. The van der Waals surface area contributed by atoms with E-state index in [4.69, 9.17) is 0 Å². The van der Waals surface area contributed by atoms with Crippen LogP contribution in [0.5, 0.6) is 0 Å². The molecule has 0 radical (unpaired) electrons. The average molecular weight is 239 g/mol. The van der Waals surface area contributed by atoms with Gasteiger partial charge in [0.05, 0.1) is 5.69 Å². The fourth-order valence-corrected chi connectivity index (χ4v) is 2.59. The first kappa shape index (κ1) is 11.4. The summed E-state index contributed by atoms with van der Waals surface area (Å²) in [6.45, 7) is 4.22. The first-order valence-corrected chi connectivity index (χ1v) is 6.42. The summed E-state index contributed by atoms with van der Waals surface area (Å²) >= 11 is 0. The number of hydrogen-bond acceptors (Lipinski definition) is 3. The zero-order valence-electron chi connectivity index (χ0n) is 10.6. The van der Waals surface area contributed by atoms with Gasteiger partial charge in [-0.05, 0) is 25.5 Å². The molecule has 2 aromatic rings. The Bertz CT molecular complexity index is 545. The lowest BCUT2D eigenvalue weighted by Gasteiger charge is -2.13. The zero-order valence-corrected chi connectivity index (χ0v) is 10.6. The highest BCUT2D eigenvalue weighted by atomic mass is 14.9. The van der Waals surface area contributed by atoms with E-state index in [0.717, 1.165) is 19.5 Å². The van der Waals surface area contributed by atoms with Crippen molar-refractivity contribution in [2.24, 2.45) is 0 Å². The van der Waals surface area contributed by atoms with Crippen LogP contribution in [0, 0.1) is 6.92 Å². The van der Waals surface area contributed by atoms with Gasteiger partial charge in [-0.3, -0.25) is 0 Å². The molecule has 0 amide bonds. The van der Waals surface area contributed by atoms with E-state index < -0.39 is 0 Å². The SMILES string of the molecule is Cc1cccc(-c2cncnc2C2CCNC2)c1. The van der Waals surface area contributed by atoms with Crippen LogP contribution in [0.15, 0.2) is 36.8 Å². The lowest BCUT2D eigenvalue weighted by atomic mass is 9.95. The Morgan fingerprint density at radius 2 is 2.28 bits per heavy atom. The van der Waals surface area contributed by atoms with Crippen molar-refractivity contribution in [2.75, 3.05) is 13.1 Å². The van der Waals surface area contributed by atoms with E-state index in [9.17, 15) is 0 Å². The van der Waals surface area contributed by atoms with Crippen LogP contribution in [0.1, 0.15) is 23.6 Å². The van der Waals surface area contributed by atoms with E-state index in [1.165, 1.54) is 22.4 Å². The molecule has 1 unspecified atom stereocenters. The molecule has 18 heavy (non-hydrogen) atoms. The Morgan fingerprint density at radius 1 is 1.33 bits per heavy atom. The maximum Gasteiger partial charge on any atom is 0.115 e. The van der Waals surface area contributed by atoms with Crippen molar-refractivity contribution in [3.8, 4) is 11.1 Å². The summed E-state index contributed by atoms with van der Waals surface area (Å²) in [7, 11) is 0. The summed E-state index contributed by atoms with van der Waals surface area (Å²) in [6.07, 6.45) is 4.76. The van der Waals surface area contributed by atoms with Gasteiger partial charge in [0.25, 0.3) is 0 Å². The molecule has 3 rings (SSSR count). The smallest absolute Gasteiger partial charge is 0.115 e. The molecule has 1 atom stereocenters. The van der Waals surface area contributed by atoms with Gasteiger partial charge in [0.2, 0.25) is 0 Å². The second-order valence-corrected chi connectivity index (χ2v) is 4.88. The third-order valence-corrected chi connectivity index (χ3v) is 3.52. The Balaban J connectivity index is 2.06. The van der Waals surface area contributed by atoms with Gasteiger partial charge >= 0.3 is 0 Å². The molecule has 1 aromatic carbocycles. The van der Waals surface area contributed by atoms with Crippen LogP contribution in [0.2, 0.25) is 0 Å². The summed E-state index contributed by atoms with van der Waals surface area (Å²) < 4.78 is 0. The molecule has 92 valence electrons. The van der Waals surface area contributed by atoms with E-state index in [-0.39, 0.29) is 0 Å². The number of hydrogen-bond donors (Lipinski definition) is 1. The maximum absolute atomic E-state index is 4.52. The monoisotopic (exact) mass is 239 g/mol. The third-order valence-electron chi connectivity index (χ3n) is 3.52. The predicted molar refractivity (Wildman–Crippen MR) is 72.4 cm³/mol. The standard InChI is InChI=1S/C15H17N3/c1-11-3-2-4-12(7-11)14-9-17-10-18-15(14)13-5-6-16-8-13/h2-4,7,9-10,13,16H,5-6,8H2,1H3. The minimum absolute atomic E-state index is 0.517. The quantitative estimate of drug-likeness (QED) is 0.875. The normalized spacial score (nSPS) is 19.1. The van der Waals surface area contributed by atoms with Gasteiger partial charge in [-0.15, -0.1) is 0 Å². The number of rotatable bonds is 2. The molecule has 1 aliphatic rings. The van der Waals surface area contributed by atoms with Crippen LogP contribution < -0.4 is 5.32 Å². The van der Waals surface area contributed by atoms with E-state index in [1.54, 1.807) is 6.33 Å². The second-order valence-electron chi connectivity index (χ2n) is 4.88. The predicted octanol–water partition coefficient (Wildman–Crippen LogP) is 2.53. The Morgan fingerprint density at radius 3 is 3.06 bits per heavy atom. The molecule has 1 fully saturated rings. The van der Waals surface area contributed by atoms with Crippen molar-refractivity contribution < 1.29 is 0 Å². The second kappa shape index (κ2) is 4.86. The highest BCUT2D eigenvalue weighted by molar-refractivity contribution is 5.66. The van der Waals surface area contributed by atoms with Gasteiger partial charge < -0.3 is 5.32 Å². The van der Waals surface area contributed by atoms with Gasteiger partial charge in [-0.2, -0.15) is 0 Å². The van der Waals surface area contributed by atoms with Crippen LogP contribution in [0.4, 0.5) is 0 Å². The summed E-state index contributed by atoms with van der Waals surface area (Å²) in [5.74, 6) is 0.517. The fraction of sp³-hybridized carbons (Fsp3) is 0.333. The van der Waals surface area contributed by atoms with Crippen molar-refractivity contribution in [3.05, 3.63) is 48.0 Å². The summed E-state index contributed by atoms with van der Waals surface area (Å²) in [6, 6.07) is 8.54. The van der Waals surface area contributed by atoms with Gasteiger partial charge in [-0.25, -0.2) is 9.97 Å². The summed E-state index contributed by atoms with van der Waals surface area (Å²) in [4.78, 5) is 8.71. The van der Waals surface area contributed by atoms with Crippen molar-refractivity contribution >= 4 is 0 Å². The molecule has 3 nitrogen and oxygen atoms in total. The highest BCUT2D eigenvalue weighted by Gasteiger charge is 2.21. The number of benzene rings is 1. The molecule has 1 saturated heterocycles. The molecule has 0 spiro atoms. The molecule has 1 aromatic heterocycles. The topological polar surface area (TPSA) is 37.8 Å². The van der Waals surface area contributed by atoms with Gasteiger partial charge in [0, 0.05) is 24.2 Å². The highest BCUT2D eigenvalue weighted by Crippen LogP contribution is 2.30. The van der Waals surface area contributed by atoms with Gasteiger partial charge in [0.1, 0.15) is 6.33 Å². The molecule has 0 bridgehead atoms. The van der Waals surface area contributed by atoms with Crippen molar-refractivity contribution in [2.45, 2.75) is 19.3 Å². The first-order valence-electron chi connectivity index (χ1n) is 6.42. The van der Waals surface area contributed by atoms with E-state index >= 15 is 0 Å². The Hall–Kier alpha value is -1.74. The van der Waals surface area contributed by atoms with Crippen LogP contribution in [0.3, 0.4) is 0 Å². The van der Waals surface area contributed by atoms with E-state index in [1.807, 2.05) is 6.20 Å². The van der Waals surface area contributed by atoms with Gasteiger partial charge in [-0.1, -0.05) is 29.8 Å². The van der Waals surface area contributed by atoms with Crippen LogP contribution >= 0.6 is 0 Å². The van der Waals surface area contributed by atoms with E-state index in [2.05, 4.69) is 46.5 Å². The lowest BCUT2D eigenvalue weighted by molar-refractivity contribution is 0.733. The zero-order chi connectivity index (χ0) is 12.4. The van der Waals surface area contributed by atoms with Crippen LogP contribution in [-0.2, 0) is 0 Å². The minimum atomic E-state index is 0.517. The molecular weight excluding hydrogens is 222 g/mol. The lowest BCUT2D eigenvalue weighted by Crippen LogP contribution is -2.10. The third kappa shape index (κ3) is 2.14. The minimum Gasteiger partial charge on any atom is -0.316 e. The molecule has 0 saturated carbocycles. The molecule has 3 heteroatoms. The van der Waals surface area contributed by atoms with Crippen molar-refractivity contribution in [1.82, 2.24) is 15.3 Å². The number of aromatic nitrogens is 2. The van der Waals surface area contributed by atoms with Crippen molar-refractivity contribution in [3.63, 3.8) is 0 Å². The van der Waals surface area contributed by atoms with E-state index in [0.29, 0.717) is 5.92 Å². The first-order chi connectivity index (χ1) is 8.84. The number of nitrogens with zero attached hydrogens (tertiary/aromatic N) is 2. The maximum atomic E-state index is 4.52.